The highest BCUT2D eigenvalue weighted by molar-refractivity contribution is 7.71. The molecule has 0 spiro atoms. The van der Waals surface area contributed by atoms with Crippen molar-refractivity contribution >= 4 is 35.4 Å². The fourth-order valence-electron chi connectivity index (χ4n) is 1.82. The molecule has 0 radical (unpaired) electrons. The van der Waals surface area contributed by atoms with Gasteiger partial charge in [-0.15, -0.1) is 5.10 Å². The lowest BCUT2D eigenvalue weighted by atomic mass is 10.3. The monoisotopic (exact) mass is 371 g/mol. The maximum atomic E-state index is 13.1. The van der Waals surface area contributed by atoms with Gasteiger partial charge in [0.25, 0.3) is 0 Å². The molecule has 0 fully saturated rings. The standard InChI is InChI=1S/C12H10Cl2F3N3OS/c1-3-21-9-5-6(13)8(4-7(9)14)20-10(12(15,16)17)18-19(2)11(20)22/h4-5H,3H2,1-2H3. The van der Waals surface area contributed by atoms with Gasteiger partial charge in [0.15, 0.2) is 0 Å². The van der Waals surface area contributed by atoms with Crippen LogP contribution in [-0.4, -0.2) is 21.0 Å². The van der Waals surface area contributed by atoms with Crippen molar-refractivity contribution in [1.29, 1.82) is 0 Å². The van der Waals surface area contributed by atoms with Crippen molar-refractivity contribution in [1.82, 2.24) is 14.3 Å². The van der Waals surface area contributed by atoms with Gasteiger partial charge >= 0.3 is 6.18 Å². The van der Waals surface area contributed by atoms with E-state index in [1.54, 1.807) is 6.92 Å². The Balaban J connectivity index is 2.73. The van der Waals surface area contributed by atoms with Crippen LogP contribution in [0.3, 0.4) is 0 Å². The summed E-state index contributed by atoms with van der Waals surface area (Å²) >= 11 is 17.1. The lowest BCUT2D eigenvalue weighted by Crippen LogP contribution is -2.14. The Hall–Kier alpha value is -1.25. The average molecular weight is 372 g/mol. The van der Waals surface area contributed by atoms with Gasteiger partial charge in [-0.3, -0.25) is 4.57 Å². The molecule has 10 heteroatoms. The average Bonchev–Trinajstić information content (AvgIpc) is 2.70. The van der Waals surface area contributed by atoms with Gasteiger partial charge in [-0.2, -0.15) is 13.2 Å². The van der Waals surface area contributed by atoms with E-state index in [0.717, 1.165) is 9.25 Å². The molecule has 22 heavy (non-hydrogen) atoms. The molecule has 4 nitrogen and oxygen atoms in total. The summed E-state index contributed by atoms with van der Waals surface area (Å²) in [4.78, 5) is 0. The molecule has 1 heterocycles. The number of rotatable bonds is 3. The topological polar surface area (TPSA) is 32.0 Å². The van der Waals surface area contributed by atoms with E-state index in [1.807, 2.05) is 0 Å². The summed E-state index contributed by atoms with van der Waals surface area (Å²) in [6.45, 7) is 2.09. The fourth-order valence-corrected chi connectivity index (χ4v) is 2.50. The number of hydrogen-bond acceptors (Lipinski definition) is 3. The number of ether oxygens (including phenoxy) is 1. The molecule has 0 amide bonds. The minimum absolute atomic E-state index is 0.0134. The normalized spacial score (nSPS) is 11.8. The smallest absolute Gasteiger partial charge is 0.452 e. The minimum atomic E-state index is -4.69. The Morgan fingerprint density at radius 1 is 1.27 bits per heavy atom. The molecule has 0 N–H and O–H groups in total. The second-order valence-electron chi connectivity index (χ2n) is 4.23. The van der Waals surface area contributed by atoms with Gasteiger partial charge in [0, 0.05) is 13.1 Å². The third-order valence-electron chi connectivity index (χ3n) is 2.72. The Morgan fingerprint density at radius 2 is 1.91 bits per heavy atom. The summed E-state index contributed by atoms with van der Waals surface area (Å²) in [5.41, 5.74) is -0.0134. The summed E-state index contributed by atoms with van der Waals surface area (Å²) < 4.78 is 46.1. The quantitative estimate of drug-likeness (QED) is 0.735. The summed E-state index contributed by atoms with van der Waals surface area (Å²) in [7, 11) is 1.32. The molecule has 120 valence electrons. The lowest BCUT2D eigenvalue weighted by molar-refractivity contribution is -0.146. The largest absolute Gasteiger partial charge is 0.492 e. The number of aryl methyl sites for hydroxylation is 1. The van der Waals surface area contributed by atoms with Crippen molar-refractivity contribution in [2.24, 2.45) is 7.05 Å². The number of nitrogens with zero attached hydrogens (tertiary/aromatic N) is 3. The van der Waals surface area contributed by atoms with E-state index in [4.69, 9.17) is 40.2 Å². The zero-order chi connectivity index (χ0) is 16.7. The van der Waals surface area contributed by atoms with Crippen molar-refractivity contribution in [3.63, 3.8) is 0 Å². The summed E-state index contributed by atoms with van der Waals surface area (Å²) in [5, 5.41) is 3.55. The molecule has 0 aliphatic carbocycles. The molecule has 0 aliphatic heterocycles. The first-order chi connectivity index (χ1) is 10.2. The van der Waals surface area contributed by atoms with Gasteiger partial charge in [0.1, 0.15) is 5.75 Å². The minimum Gasteiger partial charge on any atom is -0.492 e. The third-order valence-corrected chi connectivity index (χ3v) is 3.77. The highest BCUT2D eigenvalue weighted by Gasteiger charge is 2.39. The first kappa shape index (κ1) is 17.1. The van der Waals surface area contributed by atoms with E-state index < -0.39 is 12.0 Å². The van der Waals surface area contributed by atoms with Crippen LogP contribution in [0.2, 0.25) is 10.0 Å². The molecule has 2 aromatic rings. The first-order valence-electron chi connectivity index (χ1n) is 6.02. The van der Waals surface area contributed by atoms with E-state index in [2.05, 4.69) is 5.10 Å². The van der Waals surface area contributed by atoms with Crippen LogP contribution in [0.4, 0.5) is 13.2 Å². The van der Waals surface area contributed by atoms with E-state index in [-0.39, 0.29) is 26.3 Å². The molecule has 0 saturated carbocycles. The highest BCUT2D eigenvalue weighted by Crippen LogP contribution is 2.36. The molecule has 1 aromatic heterocycles. The fraction of sp³-hybridized carbons (Fsp3) is 0.333. The van der Waals surface area contributed by atoms with Crippen molar-refractivity contribution in [2.75, 3.05) is 6.61 Å². The van der Waals surface area contributed by atoms with Crippen molar-refractivity contribution in [3.8, 4) is 11.4 Å². The number of benzene rings is 1. The van der Waals surface area contributed by atoms with E-state index in [9.17, 15) is 13.2 Å². The number of hydrogen-bond donors (Lipinski definition) is 0. The van der Waals surface area contributed by atoms with Crippen LogP contribution < -0.4 is 4.74 Å². The maximum absolute atomic E-state index is 13.1. The van der Waals surface area contributed by atoms with E-state index in [1.165, 1.54) is 19.2 Å². The van der Waals surface area contributed by atoms with Crippen molar-refractivity contribution < 1.29 is 17.9 Å². The molecule has 2 rings (SSSR count). The van der Waals surface area contributed by atoms with Gasteiger partial charge in [-0.25, -0.2) is 4.68 Å². The molecule has 0 atom stereocenters. The van der Waals surface area contributed by atoms with Crippen LogP contribution in [0, 0.1) is 4.77 Å². The number of alkyl halides is 3. The van der Waals surface area contributed by atoms with E-state index in [0.29, 0.717) is 6.61 Å². The molecular weight excluding hydrogens is 362 g/mol. The molecule has 0 bridgehead atoms. The van der Waals surface area contributed by atoms with Gasteiger partial charge < -0.3 is 4.74 Å². The van der Waals surface area contributed by atoms with Gasteiger partial charge in [0.05, 0.1) is 22.3 Å². The lowest BCUT2D eigenvalue weighted by Gasteiger charge is -2.13. The predicted octanol–water partition coefficient (Wildman–Crippen LogP) is 4.66. The van der Waals surface area contributed by atoms with Crippen LogP contribution in [0.1, 0.15) is 12.7 Å². The summed E-state index contributed by atoms with van der Waals surface area (Å²) in [6.07, 6.45) is -4.69. The predicted molar refractivity (Wildman–Crippen MR) is 79.6 cm³/mol. The van der Waals surface area contributed by atoms with Gasteiger partial charge in [-0.05, 0) is 25.2 Å². The van der Waals surface area contributed by atoms with Crippen LogP contribution >= 0.6 is 35.4 Å². The van der Waals surface area contributed by atoms with Crippen LogP contribution in [0.5, 0.6) is 5.75 Å². The zero-order valence-electron chi connectivity index (χ0n) is 11.4. The molecule has 0 saturated heterocycles. The Kier molecular flexibility index (Phi) is 4.74. The second kappa shape index (κ2) is 6.10. The third kappa shape index (κ3) is 3.09. The highest BCUT2D eigenvalue weighted by atomic mass is 35.5. The number of aromatic nitrogens is 3. The summed E-state index contributed by atoms with van der Waals surface area (Å²) in [6, 6.07) is 2.61. The van der Waals surface area contributed by atoms with Crippen molar-refractivity contribution in [2.45, 2.75) is 13.1 Å². The van der Waals surface area contributed by atoms with Crippen LogP contribution in [0.15, 0.2) is 12.1 Å². The SMILES string of the molecule is CCOc1cc(Cl)c(-n2c(C(F)(F)F)nn(C)c2=S)cc1Cl. The van der Waals surface area contributed by atoms with Crippen LogP contribution in [0.25, 0.3) is 5.69 Å². The van der Waals surface area contributed by atoms with Crippen LogP contribution in [-0.2, 0) is 13.2 Å². The maximum Gasteiger partial charge on any atom is 0.452 e. The molecule has 1 aromatic carbocycles. The Labute approximate surface area is 139 Å². The number of halogens is 5. The Bertz CT molecular complexity index is 770. The summed E-state index contributed by atoms with van der Waals surface area (Å²) in [5.74, 6) is -0.899. The zero-order valence-corrected chi connectivity index (χ0v) is 13.7. The second-order valence-corrected chi connectivity index (χ2v) is 5.41. The van der Waals surface area contributed by atoms with Crippen molar-refractivity contribution in [3.05, 3.63) is 32.8 Å². The van der Waals surface area contributed by atoms with E-state index >= 15 is 0 Å². The molecule has 0 unspecified atom stereocenters. The van der Waals surface area contributed by atoms with Gasteiger partial charge in [-0.1, -0.05) is 23.2 Å². The van der Waals surface area contributed by atoms with Gasteiger partial charge in [0.2, 0.25) is 10.6 Å². The first-order valence-corrected chi connectivity index (χ1v) is 7.18. The molecule has 0 aliphatic rings. The molecular formula is C12H10Cl2F3N3OS. The Morgan fingerprint density at radius 3 is 2.45 bits per heavy atom.